The van der Waals surface area contributed by atoms with Gasteiger partial charge < -0.3 is 15.4 Å². The maximum Gasteiger partial charge on any atom is 0.226 e. The van der Waals surface area contributed by atoms with E-state index in [1.807, 2.05) is 54.6 Å². The number of carbonyl (C=O) groups excluding carboxylic acids is 1. The van der Waals surface area contributed by atoms with Crippen molar-refractivity contribution < 1.29 is 9.53 Å². The third-order valence-electron chi connectivity index (χ3n) is 4.68. The molecule has 0 fully saturated rings. The van der Waals surface area contributed by atoms with E-state index in [1.165, 1.54) is 0 Å². The van der Waals surface area contributed by atoms with Crippen LogP contribution in [0.5, 0.6) is 5.75 Å². The molecule has 4 nitrogen and oxygen atoms in total. The van der Waals surface area contributed by atoms with Gasteiger partial charge in [0.25, 0.3) is 0 Å². The Balaban J connectivity index is 1.55. The number of rotatable bonds is 6. The van der Waals surface area contributed by atoms with Crippen LogP contribution < -0.4 is 15.4 Å². The average Bonchev–Trinajstić information content (AvgIpc) is 2.65. The largest absolute Gasteiger partial charge is 0.492 e. The predicted molar refractivity (Wildman–Crippen MR) is 101 cm³/mol. The lowest BCUT2D eigenvalue weighted by Gasteiger charge is -2.27. The molecule has 2 aromatic carbocycles. The Bertz CT molecular complexity index is 700. The Kier molecular flexibility index (Phi) is 5.59. The van der Waals surface area contributed by atoms with Gasteiger partial charge in [-0.1, -0.05) is 50.2 Å². The second-order valence-corrected chi connectivity index (χ2v) is 6.93. The summed E-state index contributed by atoms with van der Waals surface area (Å²) in [6.45, 7) is 5.37. The van der Waals surface area contributed by atoms with Gasteiger partial charge in [0, 0.05) is 18.3 Å². The van der Waals surface area contributed by atoms with E-state index in [4.69, 9.17) is 4.74 Å². The smallest absolute Gasteiger partial charge is 0.226 e. The van der Waals surface area contributed by atoms with Crippen LogP contribution in [0.25, 0.3) is 0 Å². The molecule has 132 valence electrons. The quantitative estimate of drug-likeness (QED) is 0.848. The summed E-state index contributed by atoms with van der Waals surface area (Å²) in [7, 11) is 0. The van der Waals surface area contributed by atoms with Crippen LogP contribution >= 0.6 is 0 Å². The molecule has 2 N–H and O–H groups in total. The number of ether oxygens (including phenoxy) is 1. The molecular formula is C21H26N2O2. The highest BCUT2D eigenvalue weighted by Gasteiger charge is 2.26. The molecule has 2 atom stereocenters. The highest BCUT2D eigenvalue weighted by atomic mass is 16.5. The number of benzene rings is 2. The highest BCUT2D eigenvalue weighted by molar-refractivity contribution is 5.79. The lowest BCUT2D eigenvalue weighted by molar-refractivity contribution is -0.126. The number of anilines is 1. The van der Waals surface area contributed by atoms with Crippen molar-refractivity contribution in [2.75, 3.05) is 18.5 Å². The molecular weight excluding hydrogens is 312 g/mol. The maximum atomic E-state index is 12.6. The summed E-state index contributed by atoms with van der Waals surface area (Å²) in [5, 5.41) is 6.61. The number of fused-ring (bicyclic) bond motifs is 1. The van der Waals surface area contributed by atoms with Crippen LogP contribution in [0.4, 0.5) is 5.69 Å². The fraction of sp³-hybridized carbons (Fsp3) is 0.381. The number of carbonyl (C=O) groups is 1. The molecule has 2 aromatic rings. The first-order valence-electron chi connectivity index (χ1n) is 8.93. The summed E-state index contributed by atoms with van der Waals surface area (Å²) in [5.74, 6) is 1.25. The summed E-state index contributed by atoms with van der Waals surface area (Å²) < 4.78 is 5.73. The first-order chi connectivity index (χ1) is 12.1. The SMILES string of the molecule is CC(C)C(CNC(=O)C1COc2ccccc2C1)Nc1ccccc1. The molecule has 0 aromatic heterocycles. The van der Waals surface area contributed by atoms with E-state index in [2.05, 4.69) is 24.5 Å². The Morgan fingerprint density at radius 2 is 1.84 bits per heavy atom. The molecule has 0 radical (unpaired) electrons. The van der Waals surface area contributed by atoms with Gasteiger partial charge in [-0.25, -0.2) is 0 Å². The minimum Gasteiger partial charge on any atom is -0.492 e. The zero-order chi connectivity index (χ0) is 17.6. The molecule has 0 spiro atoms. The normalized spacial score (nSPS) is 17.3. The van der Waals surface area contributed by atoms with Gasteiger partial charge in [-0.15, -0.1) is 0 Å². The van der Waals surface area contributed by atoms with Crippen molar-refractivity contribution in [3.05, 3.63) is 60.2 Å². The van der Waals surface area contributed by atoms with Gasteiger partial charge >= 0.3 is 0 Å². The van der Waals surface area contributed by atoms with Gasteiger partial charge in [0.1, 0.15) is 12.4 Å². The van der Waals surface area contributed by atoms with Crippen molar-refractivity contribution in [3.8, 4) is 5.75 Å². The van der Waals surface area contributed by atoms with Gasteiger partial charge in [-0.3, -0.25) is 4.79 Å². The lowest BCUT2D eigenvalue weighted by atomic mass is 9.95. The summed E-state index contributed by atoms with van der Waals surface area (Å²) >= 11 is 0. The van der Waals surface area contributed by atoms with E-state index < -0.39 is 0 Å². The molecule has 0 aliphatic carbocycles. The van der Waals surface area contributed by atoms with Gasteiger partial charge in [-0.2, -0.15) is 0 Å². The minimum absolute atomic E-state index is 0.0648. The summed E-state index contributed by atoms with van der Waals surface area (Å²) in [4.78, 5) is 12.6. The second kappa shape index (κ2) is 8.06. The van der Waals surface area contributed by atoms with Crippen LogP contribution in [0, 0.1) is 11.8 Å². The fourth-order valence-electron chi connectivity index (χ4n) is 3.05. The third kappa shape index (κ3) is 4.53. The molecule has 1 amide bonds. The number of para-hydroxylation sites is 2. The second-order valence-electron chi connectivity index (χ2n) is 6.93. The summed E-state index contributed by atoms with van der Waals surface area (Å²) in [6.07, 6.45) is 0.737. The van der Waals surface area contributed by atoms with E-state index in [9.17, 15) is 4.79 Å². The van der Waals surface area contributed by atoms with Gasteiger partial charge in [-0.05, 0) is 36.1 Å². The van der Waals surface area contributed by atoms with E-state index in [-0.39, 0.29) is 17.9 Å². The van der Waals surface area contributed by atoms with Crippen LogP contribution in [0.3, 0.4) is 0 Å². The Hall–Kier alpha value is -2.49. The van der Waals surface area contributed by atoms with E-state index in [0.29, 0.717) is 19.1 Å². The molecule has 0 bridgehead atoms. The fourth-order valence-corrected chi connectivity index (χ4v) is 3.05. The molecule has 4 heteroatoms. The molecule has 0 saturated carbocycles. The number of nitrogens with one attached hydrogen (secondary N) is 2. The zero-order valence-electron chi connectivity index (χ0n) is 14.9. The first-order valence-corrected chi connectivity index (χ1v) is 8.93. The van der Waals surface area contributed by atoms with Crippen LogP contribution in [-0.4, -0.2) is 25.1 Å². The van der Waals surface area contributed by atoms with Gasteiger partial charge in [0.2, 0.25) is 5.91 Å². The topological polar surface area (TPSA) is 50.4 Å². The maximum absolute atomic E-state index is 12.6. The predicted octanol–water partition coefficient (Wildman–Crippen LogP) is 3.49. The number of hydrogen-bond acceptors (Lipinski definition) is 3. The van der Waals surface area contributed by atoms with E-state index in [1.54, 1.807) is 0 Å². The zero-order valence-corrected chi connectivity index (χ0v) is 14.9. The monoisotopic (exact) mass is 338 g/mol. The van der Waals surface area contributed by atoms with Crippen molar-refractivity contribution in [3.63, 3.8) is 0 Å². The van der Waals surface area contributed by atoms with Gasteiger partial charge in [0.05, 0.1) is 5.92 Å². The molecule has 2 unspecified atom stereocenters. The first kappa shape index (κ1) is 17.3. The van der Waals surface area contributed by atoms with Crippen LogP contribution in [0.2, 0.25) is 0 Å². The van der Waals surface area contributed by atoms with E-state index in [0.717, 1.165) is 23.4 Å². The highest BCUT2D eigenvalue weighted by Crippen LogP contribution is 2.26. The van der Waals surface area contributed by atoms with Crippen LogP contribution in [0.1, 0.15) is 19.4 Å². The number of amides is 1. The molecule has 25 heavy (non-hydrogen) atoms. The van der Waals surface area contributed by atoms with Crippen molar-refractivity contribution in [2.24, 2.45) is 11.8 Å². The third-order valence-corrected chi connectivity index (χ3v) is 4.68. The average molecular weight is 338 g/mol. The minimum atomic E-state index is -0.126. The van der Waals surface area contributed by atoms with Gasteiger partial charge in [0.15, 0.2) is 0 Å². The summed E-state index contributed by atoms with van der Waals surface area (Å²) in [5.41, 5.74) is 2.18. The lowest BCUT2D eigenvalue weighted by Crippen LogP contribution is -2.44. The molecule has 0 saturated heterocycles. The molecule has 3 rings (SSSR count). The molecule has 1 heterocycles. The van der Waals surface area contributed by atoms with E-state index >= 15 is 0 Å². The van der Waals surface area contributed by atoms with Crippen molar-refractivity contribution >= 4 is 11.6 Å². The van der Waals surface area contributed by atoms with Crippen molar-refractivity contribution in [1.82, 2.24) is 5.32 Å². The standard InChI is InChI=1S/C21H26N2O2/c1-15(2)19(23-18-9-4-3-5-10-18)13-22-21(24)17-12-16-8-6-7-11-20(16)25-14-17/h3-11,15,17,19,23H,12-14H2,1-2H3,(H,22,24). The van der Waals surface area contributed by atoms with Crippen LogP contribution in [-0.2, 0) is 11.2 Å². The Morgan fingerprint density at radius 1 is 1.12 bits per heavy atom. The van der Waals surface area contributed by atoms with Crippen molar-refractivity contribution in [1.29, 1.82) is 0 Å². The molecule has 1 aliphatic rings. The van der Waals surface area contributed by atoms with Crippen molar-refractivity contribution in [2.45, 2.75) is 26.3 Å². The van der Waals surface area contributed by atoms with Crippen LogP contribution in [0.15, 0.2) is 54.6 Å². The Labute approximate surface area is 149 Å². The summed E-state index contributed by atoms with van der Waals surface area (Å²) in [6, 6.07) is 18.2. The molecule has 1 aliphatic heterocycles. The Morgan fingerprint density at radius 3 is 2.60 bits per heavy atom. The number of hydrogen-bond donors (Lipinski definition) is 2.